The molecule has 0 spiro atoms. The van der Waals surface area contributed by atoms with Gasteiger partial charge in [0.2, 0.25) is 11.4 Å². The van der Waals surface area contributed by atoms with Crippen LogP contribution < -0.4 is 16.2 Å². The minimum absolute atomic E-state index is 0.0641. The van der Waals surface area contributed by atoms with Gasteiger partial charge in [-0.15, -0.1) is 0 Å². The molecule has 3 aromatic carbocycles. The van der Waals surface area contributed by atoms with Crippen LogP contribution in [0.5, 0.6) is 5.75 Å². The molecular weight excluding hydrogens is 753 g/mol. The monoisotopic (exact) mass is 804 g/mol. The molecule has 6 atom stereocenters. The summed E-state index contributed by atoms with van der Waals surface area (Å²) in [5.74, 6) is -1.62. The van der Waals surface area contributed by atoms with E-state index < -0.39 is 72.3 Å². The lowest BCUT2D eigenvalue weighted by atomic mass is 9.62. The van der Waals surface area contributed by atoms with E-state index in [2.05, 4.69) is 35.7 Å². The van der Waals surface area contributed by atoms with E-state index in [0.29, 0.717) is 12.2 Å². The van der Waals surface area contributed by atoms with Crippen molar-refractivity contribution in [1.82, 2.24) is 4.90 Å². The number of methoxy groups -OCH3 is 2. The number of aliphatic hydroxyl groups excluding tert-OH is 2. The van der Waals surface area contributed by atoms with Gasteiger partial charge in [0.05, 0.1) is 18.1 Å². The van der Waals surface area contributed by atoms with Gasteiger partial charge in [0.1, 0.15) is 36.2 Å². The molecule has 0 amide bonds. The summed E-state index contributed by atoms with van der Waals surface area (Å²) in [5.41, 5.74) is 12.5. The summed E-state index contributed by atoms with van der Waals surface area (Å²) < 4.78 is 24.0. The molecule has 3 heterocycles. The number of aliphatic hydroxyl groups is 2. The lowest BCUT2D eigenvalue weighted by molar-refractivity contribution is -0.168. The fraction of sp³-hybridized carbons (Fsp3) is 0.400. The number of Topliss-reactive ketones (excluding diaryl/α,β-unsaturated/α-hetero) is 2. The Hall–Kier alpha value is -5.19. The molecule has 0 aromatic heterocycles. The van der Waals surface area contributed by atoms with Crippen molar-refractivity contribution in [2.45, 2.75) is 86.6 Å². The number of rotatable bonds is 14. The molecule has 3 aromatic rings. The number of aliphatic imine (C=N–C) groups is 3. The zero-order chi connectivity index (χ0) is 42.2. The van der Waals surface area contributed by atoms with Gasteiger partial charge in [0.25, 0.3) is 0 Å². The van der Waals surface area contributed by atoms with Crippen LogP contribution in [-0.2, 0) is 34.6 Å². The first-order valence-corrected chi connectivity index (χ1v) is 19.6. The first-order chi connectivity index (χ1) is 28.2. The molecule has 1 saturated heterocycles. The predicted octanol–water partition coefficient (Wildman–Crippen LogP) is 3.34. The van der Waals surface area contributed by atoms with E-state index in [9.17, 15) is 19.8 Å². The molecule has 0 saturated carbocycles. The van der Waals surface area contributed by atoms with Gasteiger partial charge in [0, 0.05) is 27.1 Å². The fourth-order valence-electron chi connectivity index (χ4n) is 8.33. The summed E-state index contributed by atoms with van der Waals surface area (Å²) >= 11 is 0. The first kappa shape index (κ1) is 42.0. The van der Waals surface area contributed by atoms with Crippen molar-refractivity contribution in [2.24, 2.45) is 26.4 Å². The first-order valence-electron chi connectivity index (χ1n) is 19.6. The van der Waals surface area contributed by atoms with Crippen LogP contribution in [0.25, 0.3) is 0 Å². The number of carbonyl (C=O) groups excluding carboxylic acids is 2. The van der Waals surface area contributed by atoms with E-state index in [0.717, 1.165) is 28.6 Å². The number of ketones is 2. The summed E-state index contributed by atoms with van der Waals surface area (Å²) in [7, 11) is 3.13. The van der Waals surface area contributed by atoms with Crippen molar-refractivity contribution in [1.29, 1.82) is 0 Å². The highest BCUT2D eigenvalue weighted by molar-refractivity contribution is 6.52. The normalized spacial score (nSPS) is 25.5. The van der Waals surface area contributed by atoms with Crippen LogP contribution in [0.4, 0.5) is 0 Å². The summed E-state index contributed by atoms with van der Waals surface area (Å²) in [6.07, 6.45) is 0.804. The lowest BCUT2D eigenvalue weighted by Crippen LogP contribution is -2.60. The van der Waals surface area contributed by atoms with Gasteiger partial charge >= 0.3 is 0 Å². The number of hydrogen-bond donors (Lipinski definition) is 4. The zero-order valence-corrected chi connectivity index (χ0v) is 33.9. The SMILES string of the molecule is COC1(OC)C=CC(C(c2ccccc2)(c2ccccc2)C(O)[C@H]2O[C@@H](N3C4=NC=NC(N)(C(=O)COc5ccc(C(C)(C)C)cc5)C4=NC3C(=O)CN)C[C@@H]2O)=CC1. The fourth-order valence-corrected chi connectivity index (χ4v) is 8.33. The molecule has 59 heavy (non-hydrogen) atoms. The second-order valence-corrected chi connectivity index (χ2v) is 16.1. The van der Waals surface area contributed by atoms with E-state index in [-0.39, 0.29) is 23.4 Å². The van der Waals surface area contributed by atoms with Crippen LogP contribution >= 0.6 is 0 Å². The van der Waals surface area contributed by atoms with Crippen LogP contribution in [0.1, 0.15) is 50.3 Å². The minimum Gasteiger partial charge on any atom is -0.486 e. The summed E-state index contributed by atoms with van der Waals surface area (Å²) in [5, 5.41) is 24.8. The molecular formula is C45H52N6O8. The quantitative estimate of drug-likeness (QED) is 0.174. The van der Waals surface area contributed by atoms with Gasteiger partial charge < -0.3 is 34.9 Å². The molecule has 3 aliphatic heterocycles. The zero-order valence-electron chi connectivity index (χ0n) is 33.9. The number of amidine groups is 1. The van der Waals surface area contributed by atoms with Crippen LogP contribution in [0, 0.1) is 0 Å². The molecule has 7 rings (SSSR count). The Balaban J connectivity index is 1.21. The Labute approximate surface area is 343 Å². The van der Waals surface area contributed by atoms with E-state index in [1.807, 2.05) is 91.0 Å². The molecule has 4 aliphatic rings. The number of fused-ring (bicyclic) bond motifs is 1. The van der Waals surface area contributed by atoms with Crippen LogP contribution in [0.2, 0.25) is 0 Å². The highest BCUT2D eigenvalue weighted by Crippen LogP contribution is 2.48. The van der Waals surface area contributed by atoms with Crippen molar-refractivity contribution in [3.8, 4) is 5.75 Å². The molecule has 14 nitrogen and oxygen atoms in total. The van der Waals surface area contributed by atoms with Crippen LogP contribution in [0.3, 0.4) is 0 Å². The topological polar surface area (TPSA) is 204 Å². The average molecular weight is 805 g/mol. The molecule has 0 radical (unpaired) electrons. The maximum atomic E-state index is 13.9. The van der Waals surface area contributed by atoms with Gasteiger partial charge in [-0.25, -0.2) is 15.0 Å². The van der Waals surface area contributed by atoms with E-state index >= 15 is 0 Å². The number of nitrogens with two attached hydrogens (primary N) is 2. The Bertz CT molecular complexity index is 2140. The highest BCUT2D eigenvalue weighted by Gasteiger charge is 2.57. The highest BCUT2D eigenvalue weighted by atomic mass is 16.7. The number of benzene rings is 3. The Morgan fingerprint density at radius 3 is 2.14 bits per heavy atom. The standard InChI is InChI=1S/C45H52N6O8/c1-42(2,3)28-16-18-32(19-17-28)58-26-35(54)45(47)38-41(48-27-49-45)51(40(50-38)34(53)25-46)36-24-33(52)37(59-36)39(55)44(29-12-8-6-9-13-29,30-14-10-7-11-15-30)31-20-22-43(56-4,57-5)23-21-31/h6-22,27,33,36-37,39-40,52,55H,23-26,46-47H2,1-5H3/t33-,36+,37-,39?,40?,45?/m0/s1. The van der Waals surface area contributed by atoms with Gasteiger partial charge in [-0.3, -0.25) is 20.2 Å². The predicted molar refractivity (Wildman–Crippen MR) is 223 cm³/mol. The molecule has 1 aliphatic carbocycles. The largest absolute Gasteiger partial charge is 0.486 e. The van der Waals surface area contributed by atoms with E-state index in [1.54, 1.807) is 26.4 Å². The maximum absolute atomic E-state index is 13.9. The minimum atomic E-state index is -2.06. The third-order valence-corrected chi connectivity index (χ3v) is 11.7. The van der Waals surface area contributed by atoms with Crippen LogP contribution in [-0.4, -0.2) is 114 Å². The Morgan fingerprint density at radius 1 is 0.966 bits per heavy atom. The molecule has 6 N–H and O–H groups in total. The molecule has 1 fully saturated rings. The Kier molecular flexibility index (Phi) is 11.7. The third kappa shape index (κ3) is 7.50. The van der Waals surface area contributed by atoms with Crippen molar-refractivity contribution in [3.63, 3.8) is 0 Å². The van der Waals surface area contributed by atoms with Gasteiger partial charge in [-0.05, 0) is 45.9 Å². The van der Waals surface area contributed by atoms with E-state index in [4.69, 9.17) is 30.4 Å². The second-order valence-electron chi connectivity index (χ2n) is 16.1. The lowest BCUT2D eigenvalue weighted by Gasteiger charge is -2.45. The molecule has 14 heteroatoms. The van der Waals surface area contributed by atoms with Crippen molar-refractivity contribution in [2.75, 3.05) is 27.4 Å². The average Bonchev–Trinajstić information content (AvgIpc) is 3.85. The van der Waals surface area contributed by atoms with Gasteiger partial charge in [0.15, 0.2) is 30.2 Å². The summed E-state index contributed by atoms with van der Waals surface area (Å²) in [4.78, 5) is 42.2. The summed E-state index contributed by atoms with van der Waals surface area (Å²) in [6.45, 7) is 5.45. The maximum Gasteiger partial charge on any atom is 0.218 e. The van der Waals surface area contributed by atoms with Crippen molar-refractivity contribution in [3.05, 3.63) is 125 Å². The van der Waals surface area contributed by atoms with Gasteiger partial charge in [-0.2, -0.15) is 0 Å². The number of allylic oxidation sites excluding steroid dienone is 1. The number of carbonyl (C=O) groups is 2. The number of hydrogen-bond acceptors (Lipinski definition) is 14. The molecule has 0 bridgehead atoms. The van der Waals surface area contributed by atoms with E-state index in [1.165, 1.54) is 4.90 Å². The smallest absolute Gasteiger partial charge is 0.218 e. The van der Waals surface area contributed by atoms with Crippen molar-refractivity contribution < 1.29 is 38.7 Å². The number of nitrogens with zero attached hydrogens (tertiary/aromatic N) is 4. The molecule has 3 unspecified atom stereocenters. The Morgan fingerprint density at radius 2 is 1.59 bits per heavy atom. The molecule has 310 valence electrons. The second kappa shape index (κ2) is 16.5. The number of ether oxygens (including phenoxy) is 4. The summed E-state index contributed by atoms with van der Waals surface area (Å²) in [6, 6.07) is 26.5. The van der Waals surface area contributed by atoms with Gasteiger partial charge in [-0.1, -0.05) is 106 Å². The van der Waals surface area contributed by atoms with Crippen LogP contribution in [0.15, 0.2) is 124 Å². The van der Waals surface area contributed by atoms with Crippen molar-refractivity contribution >= 4 is 29.5 Å². The third-order valence-electron chi connectivity index (χ3n) is 11.7.